The van der Waals surface area contributed by atoms with Crippen LogP contribution in [0.25, 0.3) is 0 Å². The van der Waals surface area contributed by atoms with Crippen molar-refractivity contribution in [3.8, 4) is 0 Å². The van der Waals surface area contributed by atoms with Gasteiger partial charge in [-0.2, -0.15) is 0 Å². The molecule has 0 aromatic heterocycles. The van der Waals surface area contributed by atoms with Crippen molar-refractivity contribution < 1.29 is 19.1 Å². The number of carboxylic acid groups (broad SMARTS) is 1. The van der Waals surface area contributed by atoms with Gasteiger partial charge in [0.2, 0.25) is 0 Å². The van der Waals surface area contributed by atoms with E-state index in [1.54, 1.807) is 6.07 Å². The maximum atomic E-state index is 13.4. The minimum atomic E-state index is -1.07. The molecule has 0 spiro atoms. The van der Waals surface area contributed by atoms with Crippen molar-refractivity contribution in [3.05, 3.63) is 28.5 Å². The number of halogens is 2. The van der Waals surface area contributed by atoms with E-state index in [1.165, 1.54) is 17.0 Å². The third kappa shape index (κ3) is 4.19. The zero-order valence-corrected chi connectivity index (χ0v) is 12.2. The molecule has 1 fully saturated rings. The van der Waals surface area contributed by atoms with Crippen molar-refractivity contribution in [2.45, 2.75) is 12.8 Å². The lowest BCUT2D eigenvalue weighted by molar-refractivity contribution is -0.137. The smallest absolute Gasteiger partial charge is 0.323 e. The minimum Gasteiger partial charge on any atom is -0.480 e. The van der Waals surface area contributed by atoms with Gasteiger partial charge >= 0.3 is 12.0 Å². The van der Waals surface area contributed by atoms with Crippen molar-refractivity contribution in [2.24, 2.45) is 5.92 Å². The average Bonchev–Trinajstić information content (AvgIpc) is 3.16. The molecule has 7 heteroatoms. The molecule has 5 nitrogen and oxygen atoms in total. The number of anilines is 1. The molecule has 0 unspecified atom stereocenters. The Bertz CT molecular complexity index is 534. The molecule has 1 aromatic rings. The van der Waals surface area contributed by atoms with Gasteiger partial charge in [0.25, 0.3) is 0 Å². The Morgan fingerprint density at radius 2 is 2.15 bits per heavy atom. The number of carbonyl (C=O) groups is 2. The second kappa shape index (κ2) is 6.21. The number of carboxylic acids is 1. The summed E-state index contributed by atoms with van der Waals surface area (Å²) in [5.74, 6) is -1.18. The molecule has 0 bridgehead atoms. The fraction of sp³-hybridized carbons (Fsp3) is 0.385. The van der Waals surface area contributed by atoms with Crippen LogP contribution in [0.4, 0.5) is 14.9 Å². The fourth-order valence-electron chi connectivity index (χ4n) is 1.77. The van der Waals surface area contributed by atoms with E-state index in [1.807, 2.05) is 0 Å². The Kier molecular flexibility index (Phi) is 4.59. The van der Waals surface area contributed by atoms with E-state index in [9.17, 15) is 14.0 Å². The molecule has 1 aromatic carbocycles. The normalized spacial score (nSPS) is 13.9. The van der Waals surface area contributed by atoms with Crippen LogP contribution in [0, 0.1) is 11.7 Å². The van der Waals surface area contributed by atoms with E-state index >= 15 is 0 Å². The highest BCUT2D eigenvalue weighted by Gasteiger charge is 2.28. The van der Waals surface area contributed by atoms with Crippen molar-refractivity contribution in [3.63, 3.8) is 0 Å². The fourth-order valence-corrected chi connectivity index (χ4v) is 2.02. The van der Waals surface area contributed by atoms with E-state index < -0.39 is 17.8 Å². The van der Waals surface area contributed by atoms with Crippen molar-refractivity contribution in [1.82, 2.24) is 4.90 Å². The van der Waals surface area contributed by atoms with Crippen LogP contribution in [0.1, 0.15) is 12.8 Å². The topological polar surface area (TPSA) is 69.6 Å². The van der Waals surface area contributed by atoms with Crippen LogP contribution >= 0.6 is 15.9 Å². The lowest BCUT2D eigenvalue weighted by Gasteiger charge is -2.21. The van der Waals surface area contributed by atoms with Crippen molar-refractivity contribution >= 4 is 33.6 Å². The number of hydrogen-bond donors (Lipinski definition) is 2. The number of urea groups is 1. The molecular formula is C13H14BrFN2O3. The molecule has 2 N–H and O–H groups in total. The molecule has 0 aliphatic heterocycles. The molecule has 1 aliphatic rings. The molecule has 1 saturated carbocycles. The van der Waals surface area contributed by atoms with E-state index in [0.717, 1.165) is 12.8 Å². The van der Waals surface area contributed by atoms with Crippen LogP contribution in [0.2, 0.25) is 0 Å². The summed E-state index contributed by atoms with van der Waals surface area (Å²) >= 11 is 3.02. The summed E-state index contributed by atoms with van der Waals surface area (Å²) in [4.78, 5) is 24.0. The number of aliphatic carboxylic acids is 1. The zero-order chi connectivity index (χ0) is 14.7. The summed E-state index contributed by atoms with van der Waals surface area (Å²) in [7, 11) is 0. The number of nitrogens with one attached hydrogen (secondary N) is 1. The summed E-state index contributed by atoms with van der Waals surface area (Å²) in [5.41, 5.74) is 0.293. The standard InChI is InChI=1S/C13H14BrFN2O3/c14-10-4-3-9(5-11(10)15)16-13(20)17(7-12(18)19)6-8-1-2-8/h3-5,8H,1-2,6-7H2,(H,16,20)(H,18,19). The molecule has 0 radical (unpaired) electrons. The van der Waals surface area contributed by atoms with Crippen LogP contribution in [0.3, 0.4) is 0 Å². The van der Waals surface area contributed by atoms with Gasteiger partial charge in [0.15, 0.2) is 0 Å². The Balaban J connectivity index is 2.02. The molecule has 0 heterocycles. The van der Waals surface area contributed by atoms with Gasteiger partial charge < -0.3 is 15.3 Å². The first-order chi connectivity index (χ1) is 9.45. The van der Waals surface area contributed by atoms with Gasteiger partial charge in [-0.3, -0.25) is 4.79 Å². The summed E-state index contributed by atoms with van der Waals surface area (Å²) < 4.78 is 13.7. The van der Waals surface area contributed by atoms with Crippen LogP contribution in [0.15, 0.2) is 22.7 Å². The highest BCUT2D eigenvalue weighted by Crippen LogP contribution is 2.30. The van der Waals surface area contributed by atoms with Crippen LogP contribution in [0.5, 0.6) is 0 Å². The number of benzene rings is 1. The van der Waals surface area contributed by atoms with Gasteiger partial charge in [-0.05, 0) is 52.9 Å². The quantitative estimate of drug-likeness (QED) is 0.862. The first kappa shape index (κ1) is 14.8. The van der Waals surface area contributed by atoms with Crippen LogP contribution in [-0.2, 0) is 4.79 Å². The molecule has 108 valence electrons. The van der Waals surface area contributed by atoms with Crippen LogP contribution in [-0.4, -0.2) is 35.1 Å². The minimum absolute atomic E-state index is 0.293. The monoisotopic (exact) mass is 344 g/mol. The van der Waals surface area contributed by atoms with E-state index in [2.05, 4.69) is 21.2 Å². The van der Waals surface area contributed by atoms with E-state index in [-0.39, 0.29) is 6.54 Å². The van der Waals surface area contributed by atoms with Crippen molar-refractivity contribution in [1.29, 1.82) is 0 Å². The maximum absolute atomic E-state index is 13.4. The third-order valence-electron chi connectivity index (χ3n) is 2.96. The van der Waals surface area contributed by atoms with Gasteiger partial charge in [-0.25, -0.2) is 9.18 Å². The lowest BCUT2D eigenvalue weighted by Crippen LogP contribution is -2.40. The second-order valence-corrected chi connectivity index (χ2v) is 5.63. The Labute approximate surface area is 123 Å². The number of rotatable bonds is 5. The second-order valence-electron chi connectivity index (χ2n) is 4.78. The Morgan fingerprint density at radius 3 is 2.70 bits per heavy atom. The number of amides is 2. The Hall–Kier alpha value is -1.63. The van der Waals surface area contributed by atoms with Gasteiger partial charge in [0, 0.05) is 12.2 Å². The molecule has 20 heavy (non-hydrogen) atoms. The predicted molar refractivity (Wildman–Crippen MR) is 75.1 cm³/mol. The van der Waals surface area contributed by atoms with Gasteiger partial charge in [0.05, 0.1) is 4.47 Å². The largest absolute Gasteiger partial charge is 0.480 e. The Morgan fingerprint density at radius 1 is 1.45 bits per heavy atom. The summed E-state index contributed by atoms with van der Waals surface area (Å²) in [5, 5.41) is 11.3. The SMILES string of the molecule is O=C(O)CN(CC1CC1)C(=O)Nc1ccc(Br)c(F)c1. The highest BCUT2D eigenvalue weighted by molar-refractivity contribution is 9.10. The molecule has 0 saturated heterocycles. The predicted octanol–water partition coefficient (Wildman–Crippen LogP) is 2.92. The highest BCUT2D eigenvalue weighted by atomic mass is 79.9. The first-order valence-corrected chi connectivity index (χ1v) is 6.98. The molecular weight excluding hydrogens is 331 g/mol. The summed E-state index contributed by atoms with van der Waals surface area (Å²) in [6, 6.07) is 3.67. The molecule has 0 atom stereocenters. The first-order valence-electron chi connectivity index (χ1n) is 6.18. The summed E-state index contributed by atoms with van der Waals surface area (Å²) in [6.45, 7) is 0.0541. The molecule has 1 aliphatic carbocycles. The summed E-state index contributed by atoms with van der Waals surface area (Å²) in [6.07, 6.45) is 2.02. The van der Waals surface area contributed by atoms with E-state index in [0.29, 0.717) is 22.6 Å². The maximum Gasteiger partial charge on any atom is 0.323 e. The van der Waals surface area contributed by atoms with Gasteiger partial charge in [0.1, 0.15) is 12.4 Å². The lowest BCUT2D eigenvalue weighted by atomic mass is 10.3. The zero-order valence-electron chi connectivity index (χ0n) is 10.6. The number of nitrogens with zero attached hydrogens (tertiary/aromatic N) is 1. The van der Waals surface area contributed by atoms with Crippen molar-refractivity contribution in [2.75, 3.05) is 18.4 Å². The number of carbonyl (C=O) groups excluding carboxylic acids is 1. The van der Waals surface area contributed by atoms with Gasteiger partial charge in [-0.1, -0.05) is 0 Å². The van der Waals surface area contributed by atoms with Gasteiger partial charge in [-0.15, -0.1) is 0 Å². The van der Waals surface area contributed by atoms with E-state index in [4.69, 9.17) is 5.11 Å². The number of hydrogen-bond acceptors (Lipinski definition) is 2. The third-order valence-corrected chi connectivity index (χ3v) is 3.60. The molecule has 2 amide bonds. The van der Waals surface area contributed by atoms with Crippen LogP contribution < -0.4 is 5.32 Å². The average molecular weight is 345 g/mol. The molecule has 2 rings (SSSR count).